The smallest absolute Gasteiger partial charge is 0.407 e. The van der Waals surface area contributed by atoms with Gasteiger partial charge in [-0.05, 0) is 27.8 Å². The van der Waals surface area contributed by atoms with Gasteiger partial charge in [0.15, 0.2) is 0 Å². The van der Waals surface area contributed by atoms with E-state index in [0.29, 0.717) is 0 Å². The highest BCUT2D eigenvalue weighted by Crippen LogP contribution is 2.44. The highest BCUT2D eigenvalue weighted by atomic mass is 16.6. The molecular weight excluding hydrogens is 458 g/mol. The maximum Gasteiger partial charge on any atom is 0.407 e. The molecule has 35 heavy (non-hydrogen) atoms. The lowest BCUT2D eigenvalue weighted by atomic mass is 9.98. The van der Waals surface area contributed by atoms with Crippen molar-refractivity contribution in [2.24, 2.45) is 0 Å². The number of carboxylic acid groups (broad SMARTS) is 1. The zero-order chi connectivity index (χ0) is 25.1. The van der Waals surface area contributed by atoms with Crippen molar-refractivity contribution in [3.05, 3.63) is 104 Å². The van der Waals surface area contributed by atoms with Crippen LogP contribution in [0.5, 0.6) is 0 Å². The number of fused-ring (bicyclic) bond motifs is 3. The average Bonchev–Trinajstić information content (AvgIpc) is 3.15. The molecule has 4 rings (SSSR count). The number of nitrogens with one attached hydrogen (secondary N) is 1. The van der Waals surface area contributed by atoms with E-state index in [0.717, 1.165) is 40.5 Å². The fraction of sp³-hybridized carbons (Fsp3) is 0.167. The molecule has 1 aliphatic carbocycles. The number of benzene rings is 3. The summed E-state index contributed by atoms with van der Waals surface area (Å²) in [6.07, 6.45) is -1.40. The Kier molecular flexibility index (Phi) is 6.40. The van der Waals surface area contributed by atoms with Crippen LogP contribution in [0.3, 0.4) is 0 Å². The molecule has 0 bridgehead atoms. The first-order valence-corrected chi connectivity index (χ1v) is 10.5. The minimum Gasteiger partial charge on any atom is -0.480 e. The molecule has 2 N–H and O–H groups in total. The van der Waals surface area contributed by atoms with Gasteiger partial charge in [0.2, 0.25) is 0 Å². The largest absolute Gasteiger partial charge is 0.480 e. The van der Waals surface area contributed by atoms with Gasteiger partial charge < -0.3 is 15.2 Å². The Labute approximate surface area is 198 Å². The standard InChI is InChI=1S/C24H19N3O8/c28-23(29)22(11-14-9-15(26(31)32)12-16(10-14)27(33)34)25-24(30)35-13-21-19-7-3-1-5-17(19)18-6-2-4-8-20(18)21/h1-10,12,21-22H,11,13H2,(H,25,30)(H,28,29). The van der Waals surface area contributed by atoms with Crippen LogP contribution in [0.25, 0.3) is 11.1 Å². The van der Waals surface area contributed by atoms with Crippen molar-refractivity contribution in [1.29, 1.82) is 0 Å². The number of ether oxygens (including phenoxy) is 1. The van der Waals surface area contributed by atoms with Crippen LogP contribution in [0.15, 0.2) is 66.7 Å². The Morgan fingerprint density at radius 1 is 0.914 bits per heavy atom. The van der Waals surface area contributed by atoms with E-state index in [1.54, 1.807) is 0 Å². The number of hydrogen-bond acceptors (Lipinski definition) is 7. The van der Waals surface area contributed by atoms with Gasteiger partial charge >= 0.3 is 12.1 Å². The third-order valence-corrected chi connectivity index (χ3v) is 5.76. The van der Waals surface area contributed by atoms with Crippen LogP contribution in [-0.4, -0.2) is 39.7 Å². The first-order chi connectivity index (χ1) is 16.7. The van der Waals surface area contributed by atoms with Crippen molar-refractivity contribution in [3.8, 4) is 11.1 Å². The number of nitro groups is 2. The number of non-ortho nitro benzene ring substituents is 2. The summed E-state index contributed by atoms with van der Waals surface area (Å²) in [7, 11) is 0. The van der Waals surface area contributed by atoms with Crippen LogP contribution in [0.4, 0.5) is 16.2 Å². The van der Waals surface area contributed by atoms with Gasteiger partial charge in [0.05, 0.1) is 15.9 Å². The third kappa shape index (κ3) is 4.93. The normalized spacial score (nSPS) is 12.8. The number of rotatable bonds is 8. The Bertz CT molecular complexity index is 1260. The summed E-state index contributed by atoms with van der Waals surface area (Å²) in [5, 5.41) is 34.0. The second-order valence-electron chi connectivity index (χ2n) is 7.94. The van der Waals surface area contributed by atoms with Crippen LogP contribution >= 0.6 is 0 Å². The molecule has 0 spiro atoms. The molecule has 3 aromatic carbocycles. The Hall–Kier alpha value is -4.80. The van der Waals surface area contributed by atoms with Crippen LogP contribution in [0.1, 0.15) is 22.6 Å². The molecule has 1 aliphatic rings. The van der Waals surface area contributed by atoms with Crippen molar-refractivity contribution < 1.29 is 29.3 Å². The summed E-state index contributed by atoms with van der Waals surface area (Å²) in [6, 6.07) is 16.8. The van der Waals surface area contributed by atoms with E-state index < -0.39 is 45.7 Å². The highest BCUT2D eigenvalue weighted by molar-refractivity contribution is 5.81. The van der Waals surface area contributed by atoms with Crippen LogP contribution in [0.2, 0.25) is 0 Å². The van der Waals surface area contributed by atoms with E-state index in [9.17, 15) is 34.9 Å². The molecule has 11 heteroatoms. The van der Waals surface area contributed by atoms with E-state index in [2.05, 4.69) is 5.32 Å². The molecule has 0 fully saturated rings. The van der Waals surface area contributed by atoms with E-state index >= 15 is 0 Å². The van der Waals surface area contributed by atoms with Gasteiger partial charge in [-0.3, -0.25) is 20.2 Å². The van der Waals surface area contributed by atoms with E-state index in [-0.39, 0.29) is 18.1 Å². The lowest BCUT2D eigenvalue weighted by Crippen LogP contribution is -2.42. The Morgan fingerprint density at radius 3 is 1.91 bits per heavy atom. The molecule has 1 unspecified atom stereocenters. The van der Waals surface area contributed by atoms with Gasteiger partial charge in [0.25, 0.3) is 11.4 Å². The maximum atomic E-state index is 12.5. The fourth-order valence-corrected chi connectivity index (χ4v) is 4.20. The zero-order valence-electron chi connectivity index (χ0n) is 18.1. The molecule has 3 aromatic rings. The number of carbonyl (C=O) groups excluding carboxylic acids is 1. The summed E-state index contributed by atoms with van der Waals surface area (Å²) in [5.41, 5.74) is 2.94. The van der Waals surface area contributed by atoms with Crippen LogP contribution in [0, 0.1) is 20.2 Å². The zero-order valence-corrected chi connectivity index (χ0v) is 18.1. The van der Waals surface area contributed by atoms with E-state index in [1.165, 1.54) is 0 Å². The van der Waals surface area contributed by atoms with Gasteiger partial charge in [-0.15, -0.1) is 0 Å². The molecule has 0 radical (unpaired) electrons. The fourth-order valence-electron chi connectivity index (χ4n) is 4.20. The van der Waals surface area contributed by atoms with E-state index in [4.69, 9.17) is 4.74 Å². The molecule has 0 saturated carbocycles. The van der Waals surface area contributed by atoms with Gasteiger partial charge in [-0.25, -0.2) is 9.59 Å². The molecule has 0 aliphatic heterocycles. The van der Waals surface area contributed by atoms with Crippen LogP contribution in [-0.2, 0) is 16.0 Å². The quantitative estimate of drug-likeness (QED) is 0.363. The summed E-state index contributed by atoms with van der Waals surface area (Å²) >= 11 is 0. The molecule has 0 heterocycles. The summed E-state index contributed by atoms with van der Waals surface area (Å²) in [4.78, 5) is 44.7. The first kappa shape index (κ1) is 23.4. The lowest BCUT2D eigenvalue weighted by molar-refractivity contribution is -0.394. The molecule has 1 amide bonds. The molecule has 0 aromatic heterocycles. The molecule has 1 atom stereocenters. The second-order valence-corrected chi connectivity index (χ2v) is 7.94. The lowest BCUT2D eigenvalue weighted by Gasteiger charge is -2.17. The van der Waals surface area contributed by atoms with Crippen molar-refractivity contribution >= 4 is 23.4 Å². The third-order valence-electron chi connectivity index (χ3n) is 5.76. The van der Waals surface area contributed by atoms with Crippen molar-refractivity contribution in [1.82, 2.24) is 5.32 Å². The minimum atomic E-state index is -1.52. The van der Waals surface area contributed by atoms with Crippen molar-refractivity contribution in [2.45, 2.75) is 18.4 Å². The number of nitrogens with zero attached hydrogens (tertiary/aromatic N) is 2. The van der Waals surface area contributed by atoms with E-state index in [1.807, 2.05) is 48.5 Å². The predicted octanol–water partition coefficient (Wildman–Crippen LogP) is 4.04. The topological polar surface area (TPSA) is 162 Å². The maximum absolute atomic E-state index is 12.5. The first-order valence-electron chi connectivity index (χ1n) is 10.5. The Morgan fingerprint density at radius 2 is 1.43 bits per heavy atom. The van der Waals surface area contributed by atoms with Crippen molar-refractivity contribution in [3.63, 3.8) is 0 Å². The number of hydrogen-bond donors (Lipinski definition) is 2. The number of alkyl carbamates (subject to hydrolysis) is 1. The molecule has 0 saturated heterocycles. The Balaban J connectivity index is 1.47. The number of nitro benzene ring substituents is 2. The average molecular weight is 477 g/mol. The van der Waals surface area contributed by atoms with Gasteiger partial charge in [0.1, 0.15) is 12.6 Å². The summed E-state index contributed by atoms with van der Waals surface area (Å²) < 4.78 is 5.35. The van der Waals surface area contributed by atoms with Gasteiger partial charge in [-0.1, -0.05) is 48.5 Å². The predicted molar refractivity (Wildman–Crippen MR) is 123 cm³/mol. The second kappa shape index (κ2) is 9.59. The SMILES string of the molecule is O=C(NC(Cc1cc([N+](=O)[O-])cc([N+](=O)[O-])c1)C(=O)O)OCC1c2ccccc2-c2ccccc21. The number of carboxylic acids is 1. The monoisotopic (exact) mass is 477 g/mol. The number of aliphatic carboxylic acids is 1. The van der Waals surface area contributed by atoms with Gasteiger partial charge in [-0.2, -0.15) is 0 Å². The molecule has 178 valence electrons. The molecular formula is C24H19N3O8. The van der Waals surface area contributed by atoms with Gasteiger partial charge in [0, 0.05) is 24.5 Å². The number of carbonyl (C=O) groups is 2. The highest BCUT2D eigenvalue weighted by Gasteiger charge is 2.30. The summed E-state index contributed by atoms with van der Waals surface area (Å²) in [5.74, 6) is -1.65. The number of amides is 1. The van der Waals surface area contributed by atoms with Crippen LogP contribution < -0.4 is 5.32 Å². The molecule has 11 nitrogen and oxygen atoms in total. The van der Waals surface area contributed by atoms with Crippen molar-refractivity contribution in [2.75, 3.05) is 6.61 Å². The minimum absolute atomic E-state index is 0.0113. The summed E-state index contributed by atoms with van der Waals surface area (Å²) in [6.45, 7) is -0.0333.